The van der Waals surface area contributed by atoms with Gasteiger partial charge in [-0.2, -0.15) is 0 Å². The number of aliphatic hydroxyl groups is 1. The third kappa shape index (κ3) is 1.75. The van der Waals surface area contributed by atoms with E-state index in [0.717, 1.165) is 0 Å². The lowest BCUT2D eigenvalue weighted by molar-refractivity contribution is 0.00177. The van der Waals surface area contributed by atoms with Crippen LogP contribution in [0.2, 0.25) is 0 Å². The molecule has 4 heteroatoms. The van der Waals surface area contributed by atoms with E-state index >= 15 is 0 Å². The summed E-state index contributed by atoms with van der Waals surface area (Å²) in [7, 11) is 0. The first kappa shape index (κ1) is 6.72. The number of rotatable bonds is 0. The van der Waals surface area contributed by atoms with E-state index in [4.69, 9.17) is 5.11 Å². The smallest absolute Gasteiger partial charge is 0.218 e. The zero-order valence-corrected chi connectivity index (χ0v) is 4.39. The summed E-state index contributed by atoms with van der Waals surface area (Å²) in [5.41, 5.74) is 0. The van der Waals surface area contributed by atoms with Crippen molar-refractivity contribution in [1.82, 2.24) is 0 Å². The second-order valence-electron chi connectivity index (χ2n) is 1.06. The summed E-state index contributed by atoms with van der Waals surface area (Å²) >= 11 is 0. The highest BCUT2D eigenvalue weighted by Gasteiger charge is 2.03. The standard InChI is InChI=1S/C3H5NO2.ClH/c5-3-1-4-2-6-3;/h2-3,5H,1H2;1H. The summed E-state index contributed by atoms with van der Waals surface area (Å²) in [4.78, 5) is 3.57. The minimum Gasteiger partial charge on any atom is -0.453 e. The first-order valence-electron chi connectivity index (χ1n) is 1.71. The highest BCUT2D eigenvalue weighted by Crippen LogP contribution is 1.90. The minimum atomic E-state index is -0.676. The summed E-state index contributed by atoms with van der Waals surface area (Å²) in [5.74, 6) is 0. The molecule has 0 aromatic rings. The number of aliphatic imine (C=N–C) groups is 1. The van der Waals surface area contributed by atoms with Gasteiger partial charge in [-0.15, -0.1) is 12.4 Å². The summed E-state index contributed by atoms with van der Waals surface area (Å²) in [5, 5.41) is 8.38. The van der Waals surface area contributed by atoms with E-state index in [2.05, 4.69) is 9.73 Å². The van der Waals surface area contributed by atoms with E-state index < -0.39 is 6.29 Å². The molecule has 0 bridgehead atoms. The van der Waals surface area contributed by atoms with Gasteiger partial charge in [-0.3, -0.25) is 4.99 Å². The average molecular weight is 124 g/mol. The van der Waals surface area contributed by atoms with Gasteiger partial charge in [0.2, 0.25) is 6.29 Å². The van der Waals surface area contributed by atoms with Gasteiger partial charge in [0, 0.05) is 0 Å². The highest BCUT2D eigenvalue weighted by molar-refractivity contribution is 5.85. The van der Waals surface area contributed by atoms with Crippen molar-refractivity contribution in [2.75, 3.05) is 6.54 Å². The molecule has 3 nitrogen and oxygen atoms in total. The third-order valence-electron chi connectivity index (χ3n) is 0.554. The van der Waals surface area contributed by atoms with E-state index in [1.54, 1.807) is 0 Å². The Morgan fingerprint density at radius 3 is 2.71 bits per heavy atom. The number of hydrogen-bond acceptors (Lipinski definition) is 3. The summed E-state index contributed by atoms with van der Waals surface area (Å²) < 4.78 is 4.42. The van der Waals surface area contributed by atoms with E-state index in [9.17, 15) is 0 Å². The lowest BCUT2D eigenvalue weighted by Crippen LogP contribution is -2.06. The number of aliphatic hydroxyl groups excluding tert-OH is 1. The normalized spacial score (nSPS) is 26.1. The largest absolute Gasteiger partial charge is 0.453 e. The van der Waals surface area contributed by atoms with Crippen molar-refractivity contribution in [3.63, 3.8) is 0 Å². The van der Waals surface area contributed by atoms with Crippen LogP contribution in [0.25, 0.3) is 0 Å². The van der Waals surface area contributed by atoms with Crippen molar-refractivity contribution in [1.29, 1.82) is 0 Å². The van der Waals surface area contributed by atoms with E-state index in [1.807, 2.05) is 0 Å². The molecule has 0 saturated heterocycles. The van der Waals surface area contributed by atoms with E-state index in [-0.39, 0.29) is 12.4 Å². The molecule has 1 atom stereocenters. The molecular formula is C3H6ClNO2. The molecule has 1 heterocycles. The van der Waals surface area contributed by atoms with Crippen molar-refractivity contribution in [3.8, 4) is 0 Å². The van der Waals surface area contributed by atoms with Crippen LogP contribution in [0.1, 0.15) is 0 Å². The molecule has 42 valence electrons. The molecule has 0 aromatic heterocycles. The molecule has 1 aliphatic heterocycles. The van der Waals surface area contributed by atoms with Crippen molar-refractivity contribution in [3.05, 3.63) is 0 Å². The lowest BCUT2D eigenvalue weighted by Gasteiger charge is -1.93. The van der Waals surface area contributed by atoms with Crippen LogP contribution < -0.4 is 0 Å². The Hall–Kier alpha value is -0.280. The van der Waals surface area contributed by atoms with Gasteiger partial charge in [0.1, 0.15) is 6.54 Å². The molecule has 0 aliphatic carbocycles. The van der Waals surface area contributed by atoms with Gasteiger partial charge in [-0.05, 0) is 0 Å². The summed E-state index contributed by atoms with van der Waals surface area (Å²) in [6, 6.07) is 0. The predicted octanol–water partition coefficient (Wildman–Crippen LogP) is -0.215. The molecule has 0 radical (unpaired) electrons. The lowest BCUT2D eigenvalue weighted by atomic mass is 10.7. The molecule has 1 unspecified atom stereocenters. The topological polar surface area (TPSA) is 41.8 Å². The fourth-order valence-electron chi connectivity index (χ4n) is 0.290. The van der Waals surface area contributed by atoms with E-state index in [1.165, 1.54) is 6.40 Å². The van der Waals surface area contributed by atoms with E-state index in [0.29, 0.717) is 6.54 Å². The summed E-state index contributed by atoms with van der Waals surface area (Å²) in [6.07, 6.45) is 0.579. The van der Waals surface area contributed by atoms with Gasteiger partial charge in [0.15, 0.2) is 6.40 Å². The van der Waals surface area contributed by atoms with Crippen molar-refractivity contribution in [2.45, 2.75) is 6.29 Å². The van der Waals surface area contributed by atoms with Gasteiger partial charge in [-0.25, -0.2) is 0 Å². The SMILES string of the molecule is Cl.OC1CN=CO1. The Bertz CT molecular complexity index is 67.3. The predicted molar refractivity (Wildman–Crippen MR) is 27.7 cm³/mol. The van der Waals surface area contributed by atoms with Gasteiger partial charge >= 0.3 is 0 Å². The molecule has 1 N–H and O–H groups in total. The van der Waals surface area contributed by atoms with Crippen LogP contribution in [0.4, 0.5) is 0 Å². The monoisotopic (exact) mass is 123 g/mol. The number of nitrogens with zero attached hydrogens (tertiary/aromatic N) is 1. The zero-order valence-electron chi connectivity index (χ0n) is 3.57. The van der Waals surface area contributed by atoms with Crippen molar-refractivity contribution in [2.24, 2.45) is 4.99 Å². The Labute approximate surface area is 47.4 Å². The Morgan fingerprint density at radius 1 is 1.86 bits per heavy atom. The zero-order chi connectivity index (χ0) is 4.41. The van der Waals surface area contributed by atoms with Gasteiger partial charge in [-0.1, -0.05) is 0 Å². The first-order chi connectivity index (χ1) is 2.89. The molecule has 7 heavy (non-hydrogen) atoms. The summed E-state index contributed by atoms with van der Waals surface area (Å²) in [6.45, 7) is 0.389. The maximum absolute atomic E-state index is 8.38. The number of halogens is 1. The molecule has 0 aromatic carbocycles. The van der Waals surface area contributed by atoms with Crippen LogP contribution in [0, 0.1) is 0 Å². The maximum Gasteiger partial charge on any atom is 0.218 e. The molecular weight excluding hydrogens is 117 g/mol. The van der Waals surface area contributed by atoms with Crippen molar-refractivity contribution >= 4 is 18.8 Å². The molecule has 0 amide bonds. The van der Waals surface area contributed by atoms with Gasteiger partial charge in [0.25, 0.3) is 0 Å². The van der Waals surface area contributed by atoms with Crippen molar-refractivity contribution < 1.29 is 9.84 Å². The molecule has 1 rings (SSSR count). The highest BCUT2D eigenvalue weighted by atomic mass is 35.5. The number of hydrogen-bond donors (Lipinski definition) is 1. The van der Waals surface area contributed by atoms with Gasteiger partial charge < -0.3 is 9.84 Å². The molecule has 0 spiro atoms. The first-order valence-corrected chi connectivity index (χ1v) is 1.71. The Morgan fingerprint density at radius 2 is 2.57 bits per heavy atom. The molecule has 0 fully saturated rings. The van der Waals surface area contributed by atoms with Crippen LogP contribution >= 0.6 is 12.4 Å². The third-order valence-corrected chi connectivity index (χ3v) is 0.554. The Kier molecular flexibility index (Phi) is 2.71. The maximum atomic E-state index is 8.38. The van der Waals surface area contributed by atoms with Gasteiger partial charge in [0.05, 0.1) is 0 Å². The molecule has 1 aliphatic rings. The fraction of sp³-hybridized carbons (Fsp3) is 0.667. The average Bonchev–Trinajstić information content (AvgIpc) is 1.86. The van der Waals surface area contributed by atoms with Crippen LogP contribution in [0.5, 0.6) is 0 Å². The second kappa shape index (κ2) is 2.82. The van der Waals surface area contributed by atoms with Crippen LogP contribution in [0.3, 0.4) is 0 Å². The molecule has 0 saturated carbocycles. The fourth-order valence-corrected chi connectivity index (χ4v) is 0.290. The quantitative estimate of drug-likeness (QED) is 0.484. The minimum absolute atomic E-state index is 0. The number of ether oxygens (including phenoxy) is 1. The van der Waals surface area contributed by atoms with Crippen LogP contribution in [-0.2, 0) is 4.74 Å². The van der Waals surface area contributed by atoms with Crippen LogP contribution in [0.15, 0.2) is 4.99 Å². The van der Waals surface area contributed by atoms with Crippen LogP contribution in [-0.4, -0.2) is 24.3 Å². The second-order valence-corrected chi connectivity index (χ2v) is 1.06. The Balaban J connectivity index is 0.000000360.